The average Bonchev–Trinajstić information content (AvgIpc) is 3.17. The number of hydrogen-bond donors (Lipinski definition) is 0. The van der Waals surface area contributed by atoms with Gasteiger partial charge < -0.3 is 4.90 Å². The Morgan fingerprint density at radius 2 is 2.05 bits per heavy atom. The fourth-order valence-corrected chi connectivity index (χ4v) is 3.47. The number of thiazole rings is 1. The third kappa shape index (κ3) is 3.05. The van der Waals surface area contributed by atoms with E-state index < -0.39 is 0 Å². The standard InChI is InChI=1S/C15H14N4OS2/c1-10-13(22-18-17-10)8-19(2)15(20)14-16-12(9-21-14)11-6-4-3-5-7-11/h3-7,9H,8H2,1-2H3. The molecule has 1 amide bonds. The molecule has 3 aromatic rings. The van der Waals surface area contributed by atoms with E-state index in [1.165, 1.54) is 22.9 Å². The van der Waals surface area contributed by atoms with Crippen LogP contribution in [0.15, 0.2) is 35.7 Å². The smallest absolute Gasteiger partial charge is 0.282 e. The predicted molar refractivity (Wildman–Crippen MR) is 88.0 cm³/mol. The van der Waals surface area contributed by atoms with Gasteiger partial charge in [-0.1, -0.05) is 34.8 Å². The van der Waals surface area contributed by atoms with Gasteiger partial charge >= 0.3 is 0 Å². The minimum Gasteiger partial charge on any atom is -0.334 e. The van der Waals surface area contributed by atoms with Crippen molar-refractivity contribution in [1.82, 2.24) is 19.5 Å². The molecule has 22 heavy (non-hydrogen) atoms. The summed E-state index contributed by atoms with van der Waals surface area (Å²) in [6.07, 6.45) is 0. The summed E-state index contributed by atoms with van der Waals surface area (Å²) in [5.41, 5.74) is 2.72. The van der Waals surface area contributed by atoms with Gasteiger partial charge in [-0.3, -0.25) is 4.79 Å². The molecule has 7 heteroatoms. The first kappa shape index (κ1) is 14.8. The van der Waals surface area contributed by atoms with Crippen molar-refractivity contribution in [2.45, 2.75) is 13.5 Å². The Morgan fingerprint density at radius 3 is 2.73 bits per heavy atom. The quantitative estimate of drug-likeness (QED) is 0.737. The highest BCUT2D eigenvalue weighted by Crippen LogP contribution is 2.23. The van der Waals surface area contributed by atoms with E-state index in [1.54, 1.807) is 11.9 Å². The van der Waals surface area contributed by atoms with Crippen molar-refractivity contribution in [2.75, 3.05) is 7.05 Å². The van der Waals surface area contributed by atoms with Crippen molar-refractivity contribution in [3.05, 3.63) is 51.3 Å². The van der Waals surface area contributed by atoms with Crippen LogP contribution >= 0.6 is 22.9 Å². The third-order valence-electron chi connectivity index (χ3n) is 3.23. The van der Waals surface area contributed by atoms with E-state index >= 15 is 0 Å². The van der Waals surface area contributed by atoms with Crippen molar-refractivity contribution in [3.8, 4) is 11.3 Å². The molecule has 0 aliphatic heterocycles. The summed E-state index contributed by atoms with van der Waals surface area (Å²) in [5.74, 6) is -0.0834. The molecule has 3 rings (SSSR count). The first-order chi connectivity index (χ1) is 10.6. The fraction of sp³-hybridized carbons (Fsp3) is 0.200. The zero-order chi connectivity index (χ0) is 15.5. The Bertz CT molecular complexity index is 782. The second-order valence-electron chi connectivity index (χ2n) is 4.85. The fourth-order valence-electron chi connectivity index (χ4n) is 1.96. The van der Waals surface area contributed by atoms with Crippen molar-refractivity contribution < 1.29 is 4.79 Å². The summed E-state index contributed by atoms with van der Waals surface area (Å²) >= 11 is 2.69. The van der Waals surface area contributed by atoms with Crippen LogP contribution in [0.1, 0.15) is 20.4 Å². The van der Waals surface area contributed by atoms with Gasteiger partial charge in [-0.05, 0) is 18.5 Å². The van der Waals surface area contributed by atoms with Gasteiger partial charge in [0.2, 0.25) is 0 Å². The van der Waals surface area contributed by atoms with Crippen LogP contribution in [0.25, 0.3) is 11.3 Å². The first-order valence-corrected chi connectivity index (χ1v) is 8.34. The number of aromatic nitrogens is 3. The number of rotatable bonds is 4. The van der Waals surface area contributed by atoms with E-state index in [9.17, 15) is 4.79 Å². The lowest BCUT2D eigenvalue weighted by Crippen LogP contribution is -2.26. The van der Waals surface area contributed by atoms with Crippen LogP contribution in [-0.4, -0.2) is 32.4 Å². The summed E-state index contributed by atoms with van der Waals surface area (Å²) in [6.45, 7) is 2.40. The number of carbonyl (C=O) groups excluding carboxylic acids is 1. The second kappa shape index (κ2) is 6.33. The van der Waals surface area contributed by atoms with E-state index in [2.05, 4.69) is 14.6 Å². The Hall–Kier alpha value is -2.12. The molecule has 112 valence electrons. The molecule has 0 aliphatic rings. The summed E-state index contributed by atoms with van der Waals surface area (Å²) in [6, 6.07) is 9.85. The molecule has 0 N–H and O–H groups in total. The zero-order valence-electron chi connectivity index (χ0n) is 12.2. The monoisotopic (exact) mass is 330 g/mol. The molecule has 0 saturated heterocycles. The summed E-state index contributed by atoms with van der Waals surface area (Å²) in [7, 11) is 1.77. The second-order valence-corrected chi connectivity index (χ2v) is 6.54. The molecule has 0 bridgehead atoms. The maximum atomic E-state index is 12.5. The maximum Gasteiger partial charge on any atom is 0.282 e. The van der Waals surface area contributed by atoms with Crippen LogP contribution < -0.4 is 0 Å². The van der Waals surface area contributed by atoms with Gasteiger partial charge in [-0.15, -0.1) is 16.4 Å². The minimum atomic E-state index is -0.0834. The Balaban J connectivity index is 1.75. The topological polar surface area (TPSA) is 59.0 Å². The van der Waals surface area contributed by atoms with Crippen LogP contribution in [-0.2, 0) is 6.54 Å². The molecule has 2 aromatic heterocycles. The molecule has 1 aromatic carbocycles. The number of nitrogens with zero attached hydrogens (tertiary/aromatic N) is 4. The Morgan fingerprint density at radius 1 is 1.27 bits per heavy atom. The number of amides is 1. The van der Waals surface area contributed by atoms with Crippen LogP contribution in [0.4, 0.5) is 0 Å². The molecule has 0 aliphatic carbocycles. The molecule has 0 radical (unpaired) electrons. The largest absolute Gasteiger partial charge is 0.334 e. The number of carbonyl (C=O) groups is 1. The minimum absolute atomic E-state index is 0.0834. The van der Waals surface area contributed by atoms with Crippen LogP contribution in [0.2, 0.25) is 0 Å². The molecule has 0 spiro atoms. The molecular formula is C15H14N4OS2. The van der Waals surface area contributed by atoms with E-state index in [0.29, 0.717) is 11.6 Å². The van der Waals surface area contributed by atoms with Crippen LogP contribution in [0.5, 0.6) is 0 Å². The molecular weight excluding hydrogens is 316 g/mol. The highest BCUT2D eigenvalue weighted by Gasteiger charge is 2.18. The van der Waals surface area contributed by atoms with Gasteiger partial charge in [0.15, 0.2) is 5.01 Å². The molecule has 0 unspecified atom stereocenters. The lowest BCUT2D eigenvalue weighted by Gasteiger charge is -2.14. The van der Waals surface area contributed by atoms with Crippen molar-refractivity contribution >= 4 is 28.8 Å². The number of benzene rings is 1. The normalized spacial score (nSPS) is 10.6. The van der Waals surface area contributed by atoms with E-state index in [-0.39, 0.29) is 5.91 Å². The van der Waals surface area contributed by atoms with Crippen LogP contribution in [0, 0.1) is 6.92 Å². The van der Waals surface area contributed by atoms with E-state index in [0.717, 1.165) is 21.8 Å². The zero-order valence-corrected chi connectivity index (χ0v) is 13.8. The third-order valence-corrected chi connectivity index (χ3v) is 4.87. The molecule has 2 heterocycles. The lowest BCUT2D eigenvalue weighted by atomic mass is 10.2. The predicted octanol–water partition coefficient (Wildman–Crippen LogP) is 3.24. The van der Waals surface area contributed by atoms with Crippen molar-refractivity contribution in [2.24, 2.45) is 0 Å². The maximum absolute atomic E-state index is 12.5. The Kier molecular flexibility index (Phi) is 4.26. The summed E-state index contributed by atoms with van der Waals surface area (Å²) in [5, 5.41) is 6.37. The summed E-state index contributed by atoms with van der Waals surface area (Å²) in [4.78, 5) is 19.6. The summed E-state index contributed by atoms with van der Waals surface area (Å²) < 4.78 is 3.89. The van der Waals surface area contributed by atoms with E-state index in [1.807, 2.05) is 42.6 Å². The van der Waals surface area contributed by atoms with Crippen LogP contribution in [0.3, 0.4) is 0 Å². The Labute approximate surface area is 136 Å². The molecule has 5 nitrogen and oxygen atoms in total. The van der Waals surface area contributed by atoms with Crippen molar-refractivity contribution in [1.29, 1.82) is 0 Å². The SMILES string of the molecule is Cc1nnsc1CN(C)C(=O)c1nc(-c2ccccc2)cs1. The van der Waals surface area contributed by atoms with Gasteiger partial charge in [-0.25, -0.2) is 4.98 Å². The lowest BCUT2D eigenvalue weighted by molar-refractivity contribution is 0.0786. The van der Waals surface area contributed by atoms with E-state index in [4.69, 9.17) is 0 Å². The molecule has 0 saturated carbocycles. The van der Waals surface area contributed by atoms with Gasteiger partial charge in [-0.2, -0.15) is 0 Å². The highest BCUT2D eigenvalue weighted by atomic mass is 32.1. The van der Waals surface area contributed by atoms with Gasteiger partial charge in [0.1, 0.15) is 0 Å². The molecule has 0 fully saturated rings. The van der Waals surface area contributed by atoms with Gasteiger partial charge in [0, 0.05) is 18.0 Å². The highest BCUT2D eigenvalue weighted by molar-refractivity contribution is 7.12. The first-order valence-electron chi connectivity index (χ1n) is 6.69. The number of hydrogen-bond acceptors (Lipinski definition) is 6. The average molecular weight is 330 g/mol. The number of aryl methyl sites for hydroxylation is 1. The van der Waals surface area contributed by atoms with Crippen molar-refractivity contribution in [3.63, 3.8) is 0 Å². The molecule has 0 atom stereocenters. The van der Waals surface area contributed by atoms with Gasteiger partial charge in [0.25, 0.3) is 5.91 Å². The van der Waals surface area contributed by atoms with Gasteiger partial charge in [0.05, 0.1) is 22.8 Å².